The molecule has 0 N–H and O–H groups in total. The number of hydrogen-bond acceptors (Lipinski definition) is 2. The summed E-state index contributed by atoms with van der Waals surface area (Å²) in [7, 11) is 0. The number of nitrogens with zero attached hydrogens (tertiary/aromatic N) is 1. The second-order valence-electron chi connectivity index (χ2n) is 3.78. The predicted molar refractivity (Wildman–Crippen MR) is 65.1 cm³/mol. The third-order valence-corrected chi connectivity index (χ3v) is 3.85. The van der Waals surface area contributed by atoms with Crippen molar-refractivity contribution in [2.24, 2.45) is 5.92 Å². The lowest BCUT2D eigenvalue weighted by Crippen LogP contribution is -1.94. The number of allylic oxidation sites excluding steroid dienone is 6. The van der Waals surface area contributed by atoms with Crippen LogP contribution in [0.1, 0.15) is 12.5 Å². The van der Waals surface area contributed by atoms with Gasteiger partial charge in [-0.15, -0.1) is 0 Å². The smallest absolute Gasteiger partial charge is 0.0349 e. The van der Waals surface area contributed by atoms with Crippen molar-refractivity contribution in [3.8, 4) is 0 Å². The van der Waals surface area contributed by atoms with Gasteiger partial charge in [0, 0.05) is 23.2 Å². The van der Waals surface area contributed by atoms with Gasteiger partial charge in [-0.3, -0.25) is 4.98 Å². The van der Waals surface area contributed by atoms with Gasteiger partial charge in [-0.25, -0.2) is 0 Å². The summed E-state index contributed by atoms with van der Waals surface area (Å²) in [5.74, 6) is 0.498. The highest BCUT2D eigenvalue weighted by molar-refractivity contribution is 8.07. The molecule has 0 bridgehead atoms. The molecule has 0 saturated carbocycles. The largest absolute Gasteiger partial charge is 0.265 e. The van der Waals surface area contributed by atoms with Crippen LogP contribution in [0, 0.1) is 5.92 Å². The Morgan fingerprint density at radius 1 is 1.20 bits per heavy atom. The summed E-state index contributed by atoms with van der Waals surface area (Å²) in [6, 6.07) is 4.16. The van der Waals surface area contributed by atoms with Gasteiger partial charge < -0.3 is 0 Å². The Bertz CT molecular complexity index is 483. The van der Waals surface area contributed by atoms with Crippen LogP contribution in [0.25, 0.3) is 5.57 Å². The summed E-state index contributed by atoms with van der Waals surface area (Å²) in [4.78, 5) is 6.92. The molecule has 1 nitrogen and oxygen atoms in total. The minimum absolute atomic E-state index is 0.498. The molecular weight excluding hydrogens is 202 g/mol. The first-order valence-corrected chi connectivity index (χ1v) is 5.85. The van der Waals surface area contributed by atoms with Gasteiger partial charge in [0.2, 0.25) is 0 Å². The maximum Gasteiger partial charge on any atom is 0.0349 e. The number of hydrogen-bond donors (Lipinski definition) is 0. The standard InChI is InChI=1S/C13H11NS/c1-9-8-12-11(2-3-13(12)15-9)10-4-6-14-7-5-10/h2-8,12H,1H3. The SMILES string of the molecule is CC1=CC2C(=CC=C2c2ccncc2)S1. The summed E-state index contributed by atoms with van der Waals surface area (Å²) in [5.41, 5.74) is 2.68. The Labute approximate surface area is 93.6 Å². The first-order valence-electron chi connectivity index (χ1n) is 5.03. The molecule has 74 valence electrons. The monoisotopic (exact) mass is 213 g/mol. The normalized spacial score (nSPS) is 23.3. The highest BCUT2D eigenvalue weighted by Crippen LogP contribution is 2.49. The van der Waals surface area contributed by atoms with E-state index in [2.05, 4.69) is 42.3 Å². The van der Waals surface area contributed by atoms with E-state index < -0.39 is 0 Å². The molecule has 1 unspecified atom stereocenters. The average molecular weight is 213 g/mol. The van der Waals surface area contributed by atoms with E-state index in [1.807, 2.05) is 24.2 Å². The van der Waals surface area contributed by atoms with Crippen LogP contribution in [0.2, 0.25) is 0 Å². The molecule has 1 aliphatic carbocycles. The minimum atomic E-state index is 0.498. The number of pyridine rings is 1. The first kappa shape index (κ1) is 8.98. The molecule has 1 aromatic heterocycles. The Balaban J connectivity index is 1.98. The molecular formula is C13H11NS. The average Bonchev–Trinajstić information content (AvgIpc) is 2.77. The van der Waals surface area contributed by atoms with Crippen molar-refractivity contribution in [1.82, 2.24) is 4.98 Å². The molecule has 15 heavy (non-hydrogen) atoms. The molecule has 3 rings (SSSR count). The Kier molecular flexibility index (Phi) is 2.03. The van der Waals surface area contributed by atoms with Crippen molar-refractivity contribution >= 4 is 17.3 Å². The fourth-order valence-electron chi connectivity index (χ4n) is 2.08. The van der Waals surface area contributed by atoms with Crippen LogP contribution in [0.4, 0.5) is 0 Å². The predicted octanol–water partition coefficient (Wildman–Crippen LogP) is 3.63. The van der Waals surface area contributed by atoms with Crippen LogP contribution in [-0.4, -0.2) is 4.98 Å². The van der Waals surface area contributed by atoms with Gasteiger partial charge in [-0.05, 0) is 35.1 Å². The molecule has 1 aliphatic heterocycles. The van der Waals surface area contributed by atoms with E-state index >= 15 is 0 Å². The van der Waals surface area contributed by atoms with E-state index in [-0.39, 0.29) is 0 Å². The Hall–Kier alpha value is -1.28. The molecule has 0 radical (unpaired) electrons. The number of fused-ring (bicyclic) bond motifs is 1. The van der Waals surface area contributed by atoms with Gasteiger partial charge in [-0.2, -0.15) is 0 Å². The van der Waals surface area contributed by atoms with Gasteiger partial charge in [-0.1, -0.05) is 30.0 Å². The van der Waals surface area contributed by atoms with Crippen LogP contribution in [0.3, 0.4) is 0 Å². The van der Waals surface area contributed by atoms with Gasteiger partial charge in [0.1, 0.15) is 0 Å². The molecule has 1 atom stereocenters. The van der Waals surface area contributed by atoms with Gasteiger partial charge >= 0.3 is 0 Å². The summed E-state index contributed by atoms with van der Waals surface area (Å²) in [5, 5.41) is 0. The lowest BCUT2D eigenvalue weighted by molar-refractivity contribution is 1.10. The zero-order chi connectivity index (χ0) is 10.3. The van der Waals surface area contributed by atoms with Crippen LogP contribution in [0.5, 0.6) is 0 Å². The minimum Gasteiger partial charge on any atom is -0.265 e. The molecule has 2 aliphatic rings. The fourth-order valence-corrected chi connectivity index (χ4v) is 3.11. The van der Waals surface area contributed by atoms with Crippen molar-refractivity contribution in [1.29, 1.82) is 0 Å². The maximum absolute atomic E-state index is 4.05. The summed E-state index contributed by atoms with van der Waals surface area (Å²) in [6.45, 7) is 2.17. The third kappa shape index (κ3) is 1.45. The Morgan fingerprint density at radius 3 is 2.80 bits per heavy atom. The van der Waals surface area contributed by atoms with E-state index in [9.17, 15) is 0 Å². The van der Waals surface area contributed by atoms with Gasteiger partial charge in [0.25, 0.3) is 0 Å². The van der Waals surface area contributed by atoms with E-state index in [1.54, 1.807) is 0 Å². The zero-order valence-corrected chi connectivity index (χ0v) is 9.29. The van der Waals surface area contributed by atoms with Gasteiger partial charge in [0.05, 0.1) is 0 Å². The molecule has 2 heterocycles. The molecule has 0 amide bonds. The quantitative estimate of drug-likeness (QED) is 0.706. The zero-order valence-electron chi connectivity index (χ0n) is 8.47. The lowest BCUT2D eigenvalue weighted by Gasteiger charge is -2.09. The number of aromatic nitrogens is 1. The van der Waals surface area contributed by atoms with E-state index in [0.29, 0.717) is 5.92 Å². The first-order chi connectivity index (χ1) is 7.34. The maximum atomic E-state index is 4.05. The van der Waals surface area contributed by atoms with Crippen molar-refractivity contribution < 1.29 is 0 Å². The molecule has 0 saturated heterocycles. The van der Waals surface area contributed by atoms with E-state index in [1.165, 1.54) is 20.9 Å². The van der Waals surface area contributed by atoms with Crippen LogP contribution in [-0.2, 0) is 0 Å². The van der Waals surface area contributed by atoms with Crippen LogP contribution in [0.15, 0.2) is 52.6 Å². The highest BCUT2D eigenvalue weighted by Gasteiger charge is 2.27. The fraction of sp³-hybridized carbons (Fsp3) is 0.154. The lowest BCUT2D eigenvalue weighted by atomic mass is 9.96. The summed E-state index contributed by atoms with van der Waals surface area (Å²) >= 11 is 1.89. The summed E-state index contributed by atoms with van der Waals surface area (Å²) < 4.78 is 0. The van der Waals surface area contributed by atoms with Gasteiger partial charge in [0.15, 0.2) is 0 Å². The number of thioether (sulfide) groups is 1. The molecule has 1 aromatic rings. The second-order valence-corrected chi connectivity index (χ2v) is 5.10. The molecule has 2 heteroatoms. The molecule has 0 fully saturated rings. The highest BCUT2D eigenvalue weighted by atomic mass is 32.2. The number of rotatable bonds is 1. The topological polar surface area (TPSA) is 12.9 Å². The molecule has 0 aromatic carbocycles. The van der Waals surface area contributed by atoms with Crippen molar-refractivity contribution in [3.05, 3.63) is 58.1 Å². The Morgan fingerprint density at radius 2 is 2.00 bits per heavy atom. The van der Waals surface area contributed by atoms with Crippen LogP contribution >= 0.6 is 11.8 Å². The van der Waals surface area contributed by atoms with E-state index in [0.717, 1.165) is 0 Å². The third-order valence-electron chi connectivity index (χ3n) is 2.76. The van der Waals surface area contributed by atoms with Crippen molar-refractivity contribution in [2.75, 3.05) is 0 Å². The van der Waals surface area contributed by atoms with Crippen LogP contribution < -0.4 is 0 Å². The summed E-state index contributed by atoms with van der Waals surface area (Å²) in [6.07, 6.45) is 10.5. The molecule has 0 spiro atoms. The van der Waals surface area contributed by atoms with Crippen molar-refractivity contribution in [2.45, 2.75) is 6.92 Å². The second kappa shape index (κ2) is 3.38. The van der Waals surface area contributed by atoms with Crippen molar-refractivity contribution in [3.63, 3.8) is 0 Å². The van der Waals surface area contributed by atoms with E-state index in [4.69, 9.17) is 0 Å².